The van der Waals surface area contributed by atoms with E-state index in [1.165, 1.54) is 0 Å². The fourth-order valence-electron chi connectivity index (χ4n) is 2.64. The molecule has 0 atom stereocenters. The number of halogens is 4. The lowest BCUT2D eigenvalue weighted by molar-refractivity contribution is -0.137. The van der Waals surface area contributed by atoms with Crippen LogP contribution in [0, 0.1) is 5.92 Å². The lowest BCUT2D eigenvalue weighted by Crippen LogP contribution is -2.35. The third kappa shape index (κ3) is 3.57. The van der Waals surface area contributed by atoms with Gasteiger partial charge in [-0.05, 0) is 43.7 Å². The topological polar surface area (TPSA) is 16.1 Å². The summed E-state index contributed by atoms with van der Waals surface area (Å²) >= 11 is 5.72. The van der Waals surface area contributed by atoms with Crippen LogP contribution in [0.4, 0.5) is 19.0 Å². The minimum absolute atomic E-state index is 0.120. The molecule has 1 fully saturated rings. The van der Waals surface area contributed by atoms with Gasteiger partial charge in [0, 0.05) is 13.1 Å². The summed E-state index contributed by atoms with van der Waals surface area (Å²) in [5, 5.41) is -0.120. The van der Waals surface area contributed by atoms with Gasteiger partial charge in [0.2, 0.25) is 0 Å². The van der Waals surface area contributed by atoms with Crippen molar-refractivity contribution in [3.8, 4) is 0 Å². The maximum absolute atomic E-state index is 12.8. The molecule has 6 heteroatoms. The SMILES string of the molecule is CC1CCC(N(C)c2cc(C(F)(F)F)cc(Cl)n2)CC1. The number of hydrogen-bond acceptors (Lipinski definition) is 2. The Morgan fingerprint density at radius 1 is 1.20 bits per heavy atom. The van der Waals surface area contributed by atoms with Gasteiger partial charge in [-0.15, -0.1) is 0 Å². The maximum Gasteiger partial charge on any atom is 0.416 e. The van der Waals surface area contributed by atoms with Crippen molar-refractivity contribution in [2.45, 2.75) is 44.8 Å². The number of aromatic nitrogens is 1. The van der Waals surface area contributed by atoms with Gasteiger partial charge in [-0.2, -0.15) is 13.2 Å². The fraction of sp³-hybridized carbons (Fsp3) is 0.643. The molecule has 0 spiro atoms. The van der Waals surface area contributed by atoms with Crippen molar-refractivity contribution >= 4 is 17.4 Å². The molecule has 0 radical (unpaired) electrons. The van der Waals surface area contributed by atoms with Crippen molar-refractivity contribution in [3.05, 3.63) is 22.8 Å². The van der Waals surface area contributed by atoms with Crippen LogP contribution in [-0.4, -0.2) is 18.1 Å². The molecule has 0 aromatic carbocycles. The molecule has 0 amide bonds. The van der Waals surface area contributed by atoms with Crippen LogP contribution in [0.1, 0.15) is 38.2 Å². The highest BCUT2D eigenvalue weighted by molar-refractivity contribution is 6.29. The van der Waals surface area contributed by atoms with Gasteiger partial charge in [0.1, 0.15) is 11.0 Å². The first-order valence-corrected chi connectivity index (χ1v) is 7.13. The van der Waals surface area contributed by atoms with E-state index in [1.54, 1.807) is 7.05 Å². The molecule has 1 saturated carbocycles. The zero-order chi connectivity index (χ0) is 14.9. The quantitative estimate of drug-likeness (QED) is 0.732. The molecule has 1 heterocycles. The third-order valence-electron chi connectivity index (χ3n) is 4.00. The first-order valence-electron chi connectivity index (χ1n) is 6.75. The van der Waals surface area contributed by atoms with Crippen molar-refractivity contribution in [2.24, 2.45) is 5.92 Å². The van der Waals surface area contributed by atoms with E-state index < -0.39 is 11.7 Å². The second kappa shape index (κ2) is 5.80. The Kier molecular flexibility index (Phi) is 4.47. The zero-order valence-electron chi connectivity index (χ0n) is 11.5. The molecule has 1 aromatic rings. The second-order valence-electron chi connectivity index (χ2n) is 5.56. The first-order chi connectivity index (χ1) is 9.27. The van der Waals surface area contributed by atoms with Crippen LogP contribution < -0.4 is 4.90 Å². The van der Waals surface area contributed by atoms with E-state index in [9.17, 15) is 13.2 Å². The Morgan fingerprint density at radius 2 is 1.80 bits per heavy atom. The van der Waals surface area contributed by atoms with Crippen molar-refractivity contribution in [1.82, 2.24) is 4.98 Å². The molecule has 0 saturated heterocycles. The monoisotopic (exact) mass is 306 g/mol. The highest BCUT2D eigenvalue weighted by atomic mass is 35.5. The summed E-state index contributed by atoms with van der Waals surface area (Å²) in [5.41, 5.74) is -0.747. The van der Waals surface area contributed by atoms with Crippen LogP contribution >= 0.6 is 11.6 Å². The number of pyridine rings is 1. The highest BCUT2D eigenvalue weighted by Crippen LogP contribution is 2.34. The Labute approximate surface area is 121 Å². The van der Waals surface area contributed by atoms with E-state index in [2.05, 4.69) is 11.9 Å². The number of nitrogens with zero attached hydrogens (tertiary/aromatic N) is 2. The standard InChI is InChI=1S/C14H18ClF3N2/c1-9-3-5-11(6-4-9)20(2)13-8-10(14(16,17)18)7-12(15)19-13/h7-9,11H,3-6H2,1-2H3. The molecule has 2 nitrogen and oxygen atoms in total. The van der Waals surface area contributed by atoms with Gasteiger partial charge in [0.05, 0.1) is 5.56 Å². The number of rotatable bonds is 2. The summed E-state index contributed by atoms with van der Waals surface area (Å²) in [7, 11) is 1.79. The first kappa shape index (κ1) is 15.4. The van der Waals surface area contributed by atoms with Crippen LogP contribution in [0.2, 0.25) is 5.15 Å². The van der Waals surface area contributed by atoms with Gasteiger partial charge < -0.3 is 4.90 Å². The van der Waals surface area contributed by atoms with E-state index in [1.807, 2.05) is 4.90 Å². The van der Waals surface area contributed by atoms with Crippen LogP contribution in [0.5, 0.6) is 0 Å². The Bertz CT molecular complexity index is 468. The van der Waals surface area contributed by atoms with Crippen LogP contribution in [0.25, 0.3) is 0 Å². The summed E-state index contributed by atoms with van der Waals surface area (Å²) in [6.07, 6.45) is -0.243. The predicted molar refractivity (Wildman–Crippen MR) is 74.1 cm³/mol. The molecule has 1 aliphatic carbocycles. The van der Waals surface area contributed by atoms with Crippen molar-refractivity contribution < 1.29 is 13.2 Å². The highest BCUT2D eigenvalue weighted by Gasteiger charge is 2.32. The van der Waals surface area contributed by atoms with Gasteiger partial charge in [0.25, 0.3) is 0 Å². The average Bonchev–Trinajstić information content (AvgIpc) is 2.37. The number of anilines is 1. The average molecular weight is 307 g/mol. The molecule has 112 valence electrons. The van der Waals surface area contributed by atoms with Crippen LogP contribution in [0.3, 0.4) is 0 Å². The molecule has 20 heavy (non-hydrogen) atoms. The van der Waals surface area contributed by atoms with Crippen LogP contribution in [0.15, 0.2) is 12.1 Å². The lowest BCUT2D eigenvalue weighted by Gasteiger charge is -2.34. The molecule has 2 rings (SSSR count). The minimum Gasteiger partial charge on any atom is -0.357 e. The van der Waals surface area contributed by atoms with E-state index in [-0.39, 0.29) is 11.2 Å². The van der Waals surface area contributed by atoms with Crippen molar-refractivity contribution in [3.63, 3.8) is 0 Å². The largest absolute Gasteiger partial charge is 0.416 e. The molecule has 0 N–H and O–H groups in total. The maximum atomic E-state index is 12.8. The third-order valence-corrected chi connectivity index (χ3v) is 4.20. The summed E-state index contributed by atoms with van der Waals surface area (Å²) in [6, 6.07) is 2.17. The molecule has 1 aromatic heterocycles. The second-order valence-corrected chi connectivity index (χ2v) is 5.95. The Hall–Kier alpha value is -0.970. The zero-order valence-corrected chi connectivity index (χ0v) is 12.3. The number of hydrogen-bond donors (Lipinski definition) is 0. The van der Waals surface area contributed by atoms with E-state index in [0.717, 1.165) is 37.8 Å². The summed E-state index contributed by atoms with van der Waals surface area (Å²) in [4.78, 5) is 5.86. The van der Waals surface area contributed by atoms with Gasteiger partial charge in [0.15, 0.2) is 0 Å². The predicted octanol–water partition coefficient (Wildman–Crippen LogP) is 4.77. The molecule has 1 aliphatic rings. The van der Waals surface area contributed by atoms with E-state index >= 15 is 0 Å². The molecular weight excluding hydrogens is 289 g/mol. The lowest BCUT2D eigenvalue weighted by atomic mass is 9.87. The van der Waals surface area contributed by atoms with Crippen molar-refractivity contribution in [1.29, 1.82) is 0 Å². The smallest absolute Gasteiger partial charge is 0.357 e. The van der Waals surface area contributed by atoms with Crippen molar-refractivity contribution in [2.75, 3.05) is 11.9 Å². The molecular formula is C14H18ClF3N2. The number of alkyl halides is 3. The normalized spacial score (nSPS) is 23.7. The Morgan fingerprint density at radius 3 is 2.35 bits per heavy atom. The molecule has 0 aliphatic heterocycles. The summed E-state index contributed by atoms with van der Waals surface area (Å²) in [6.45, 7) is 2.20. The Balaban J connectivity index is 2.21. The summed E-state index contributed by atoms with van der Waals surface area (Å²) < 4.78 is 38.4. The van der Waals surface area contributed by atoms with E-state index in [4.69, 9.17) is 11.6 Å². The fourth-order valence-corrected chi connectivity index (χ4v) is 2.85. The minimum atomic E-state index is -4.40. The van der Waals surface area contributed by atoms with E-state index in [0.29, 0.717) is 11.7 Å². The van der Waals surface area contributed by atoms with Gasteiger partial charge in [-0.25, -0.2) is 4.98 Å². The summed E-state index contributed by atoms with van der Waals surface area (Å²) in [5.74, 6) is 0.988. The van der Waals surface area contributed by atoms with Gasteiger partial charge in [-0.1, -0.05) is 18.5 Å². The van der Waals surface area contributed by atoms with Crippen LogP contribution in [-0.2, 0) is 6.18 Å². The van der Waals surface area contributed by atoms with Gasteiger partial charge >= 0.3 is 6.18 Å². The molecule has 0 bridgehead atoms. The van der Waals surface area contributed by atoms with Gasteiger partial charge in [-0.3, -0.25) is 0 Å². The molecule has 0 unspecified atom stereocenters.